The van der Waals surface area contributed by atoms with Gasteiger partial charge in [-0.15, -0.1) is 0 Å². The van der Waals surface area contributed by atoms with Crippen LogP contribution in [0.4, 0.5) is 4.39 Å². The Balaban J connectivity index is 2.17. The molecule has 2 N–H and O–H groups in total. The van der Waals surface area contributed by atoms with E-state index < -0.39 is 0 Å². The molecule has 2 atom stereocenters. The summed E-state index contributed by atoms with van der Waals surface area (Å²) in [4.78, 5) is 4.83. The zero-order valence-electron chi connectivity index (χ0n) is 12.1. The van der Waals surface area contributed by atoms with Crippen LogP contribution in [-0.4, -0.2) is 49.1 Å². The van der Waals surface area contributed by atoms with E-state index in [4.69, 9.17) is 5.73 Å². The van der Waals surface area contributed by atoms with Crippen molar-refractivity contribution in [3.63, 3.8) is 0 Å². The van der Waals surface area contributed by atoms with E-state index in [2.05, 4.69) is 39.7 Å². The Labute approximate surface area is 129 Å². The molecule has 1 aliphatic rings. The number of nitrogens with two attached hydrogens (primary N) is 1. The summed E-state index contributed by atoms with van der Waals surface area (Å²) in [6.07, 6.45) is 1.14. The first-order valence-corrected chi connectivity index (χ1v) is 7.95. The molecule has 1 saturated heterocycles. The summed E-state index contributed by atoms with van der Waals surface area (Å²) in [5, 5.41) is 0. The molecule has 0 saturated carbocycles. The summed E-state index contributed by atoms with van der Waals surface area (Å²) >= 11 is 3.26. The molecular weight excluding hydrogens is 321 g/mol. The summed E-state index contributed by atoms with van der Waals surface area (Å²) in [6.45, 7) is 5.85. The minimum Gasteiger partial charge on any atom is -0.329 e. The number of benzene rings is 1. The van der Waals surface area contributed by atoms with Crippen LogP contribution in [0.15, 0.2) is 22.7 Å². The van der Waals surface area contributed by atoms with Crippen molar-refractivity contribution in [1.29, 1.82) is 0 Å². The maximum Gasteiger partial charge on any atom is 0.137 e. The normalized spacial score (nSPS) is 22.9. The molecule has 2 unspecified atom stereocenters. The smallest absolute Gasteiger partial charge is 0.137 e. The van der Waals surface area contributed by atoms with Crippen molar-refractivity contribution < 1.29 is 4.39 Å². The molecule has 0 bridgehead atoms. The van der Waals surface area contributed by atoms with E-state index in [0.29, 0.717) is 17.1 Å². The van der Waals surface area contributed by atoms with Gasteiger partial charge in [0.25, 0.3) is 0 Å². The predicted octanol–water partition coefficient (Wildman–Crippen LogP) is 2.61. The van der Waals surface area contributed by atoms with Gasteiger partial charge in [0, 0.05) is 38.3 Å². The van der Waals surface area contributed by atoms with E-state index in [9.17, 15) is 4.39 Å². The van der Waals surface area contributed by atoms with E-state index in [1.165, 1.54) is 6.07 Å². The van der Waals surface area contributed by atoms with Crippen LogP contribution in [0.5, 0.6) is 0 Å². The topological polar surface area (TPSA) is 32.5 Å². The van der Waals surface area contributed by atoms with Gasteiger partial charge in [-0.05, 0) is 47.1 Å². The third-order valence-electron chi connectivity index (χ3n) is 4.27. The Bertz CT molecular complexity index is 455. The Morgan fingerprint density at radius 1 is 1.45 bits per heavy atom. The maximum atomic E-state index is 13.4. The van der Waals surface area contributed by atoms with Gasteiger partial charge in [-0.3, -0.25) is 4.90 Å². The SMILES string of the molecule is CCC1CN(C(CN)c2ccc(F)c(Br)c2)CCN1C. The lowest BCUT2D eigenvalue weighted by atomic mass is 10.0. The molecule has 1 fully saturated rings. The second-order valence-electron chi connectivity index (χ2n) is 5.46. The molecule has 1 aromatic rings. The number of halogens is 2. The summed E-state index contributed by atoms with van der Waals surface area (Å²) in [7, 11) is 2.18. The molecule has 1 aromatic carbocycles. The third kappa shape index (κ3) is 3.39. The van der Waals surface area contributed by atoms with Crippen LogP contribution in [0.1, 0.15) is 24.9 Å². The van der Waals surface area contributed by atoms with Crippen LogP contribution >= 0.6 is 15.9 Å². The number of hydrogen-bond donors (Lipinski definition) is 1. The van der Waals surface area contributed by atoms with Gasteiger partial charge in [-0.2, -0.15) is 0 Å². The lowest BCUT2D eigenvalue weighted by Gasteiger charge is -2.42. The molecule has 2 rings (SSSR count). The molecular formula is C15H23BrFN3. The molecule has 0 amide bonds. The number of rotatable bonds is 4. The van der Waals surface area contributed by atoms with Crippen molar-refractivity contribution in [2.24, 2.45) is 5.73 Å². The van der Waals surface area contributed by atoms with Crippen molar-refractivity contribution in [2.45, 2.75) is 25.4 Å². The first-order chi connectivity index (χ1) is 9.56. The van der Waals surface area contributed by atoms with Gasteiger partial charge < -0.3 is 10.6 Å². The fraction of sp³-hybridized carbons (Fsp3) is 0.600. The average Bonchev–Trinajstić information content (AvgIpc) is 2.45. The molecule has 0 radical (unpaired) electrons. The van der Waals surface area contributed by atoms with Gasteiger partial charge in [-0.25, -0.2) is 4.39 Å². The van der Waals surface area contributed by atoms with Crippen LogP contribution in [0, 0.1) is 5.82 Å². The van der Waals surface area contributed by atoms with Gasteiger partial charge in [-0.1, -0.05) is 13.0 Å². The van der Waals surface area contributed by atoms with Crippen LogP contribution in [-0.2, 0) is 0 Å². The summed E-state index contributed by atoms with van der Waals surface area (Å²) < 4.78 is 13.9. The van der Waals surface area contributed by atoms with E-state index in [1.54, 1.807) is 0 Å². The van der Waals surface area contributed by atoms with Crippen molar-refractivity contribution in [3.05, 3.63) is 34.1 Å². The van der Waals surface area contributed by atoms with Gasteiger partial charge in [0.05, 0.1) is 4.47 Å². The van der Waals surface area contributed by atoms with Gasteiger partial charge in [0.1, 0.15) is 5.82 Å². The second kappa shape index (κ2) is 6.98. The van der Waals surface area contributed by atoms with Gasteiger partial charge in [0.15, 0.2) is 0 Å². The van der Waals surface area contributed by atoms with Crippen molar-refractivity contribution in [3.8, 4) is 0 Å². The minimum atomic E-state index is -0.227. The molecule has 1 heterocycles. The van der Waals surface area contributed by atoms with Crippen LogP contribution in [0.25, 0.3) is 0 Å². The van der Waals surface area contributed by atoms with E-state index >= 15 is 0 Å². The first kappa shape index (κ1) is 15.9. The molecule has 1 aliphatic heterocycles. The molecule has 0 spiro atoms. The fourth-order valence-corrected chi connectivity index (χ4v) is 3.31. The van der Waals surface area contributed by atoms with Crippen LogP contribution in [0.3, 0.4) is 0 Å². The Kier molecular flexibility index (Phi) is 5.55. The van der Waals surface area contributed by atoms with E-state index in [1.807, 2.05) is 12.1 Å². The fourth-order valence-electron chi connectivity index (χ4n) is 2.91. The van der Waals surface area contributed by atoms with E-state index in [-0.39, 0.29) is 11.9 Å². The van der Waals surface area contributed by atoms with Crippen molar-refractivity contribution in [2.75, 3.05) is 33.2 Å². The van der Waals surface area contributed by atoms with Crippen molar-refractivity contribution in [1.82, 2.24) is 9.80 Å². The van der Waals surface area contributed by atoms with E-state index in [0.717, 1.165) is 31.6 Å². The lowest BCUT2D eigenvalue weighted by molar-refractivity contribution is 0.0643. The Morgan fingerprint density at radius 2 is 2.20 bits per heavy atom. The Hall–Kier alpha value is -0.490. The zero-order valence-corrected chi connectivity index (χ0v) is 13.7. The second-order valence-corrected chi connectivity index (χ2v) is 6.32. The third-order valence-corrected chi connectivity index (χ3v) is 4.88. The molecule has 20 heavy (non-hydrogen) atoms. The molecule has 5 heteroatoms. The van der Waals surface area contributed by atoms with Crippen molar-refractivity contribution >= 4 is 15.9 Å². The highest BCUT2D eigenvalue weighted by Gasteiger charge is 2.28. The number of piperazine rings is 1. The van der Waals surface area contributed by atoms with Gasteiger partial charge >= 0.3 is 0 Å². The number of nitrogens with zero attached hydrogens (tertiary/aromatic N) is 2. The summed E-state index contributed by atoms with van der Waals surface area (Å²) in [5.41, 5.74) is 7.06. The predicted molar refractivity (Wildman–Crippen MR) is 84.2 cm³/mol. The largest absolute Gasteiger partial charge is 0.329 e. The first-order valence-electron chi connectivity index (χ1n) is 7.16. The highest BCUT2D eigenvalue weighted by Crippen LogP contribution is 2.27. The average molecular weight is 344 g/mol. The Morgan fingerprint density at radius 3 is 2.80 bits per heavy atom. The van der Waals surface area contributed by atoms with Crippen LogP contribution < -0.4 is 5.73 Å². The summed E-state index contributed by atoms with van der Waals surface area (Å²) in [6, 6.07) is 5.94. The summed E-state index contributed by atoms with van der Waals surface area (Å²) in [5.74, 6) is -0.227. The maximum absolute atomic E-state index is 13.4. The number of likely N-dealkylation sites (N-methyl/N-ethyl adjacent to an activating group) is 1. The number of hydrogen-bond acceptors (Lipinski definition) is 3. The molecule has 3 nitrogen and oxygen atoms in total. The highest BCUT2D eigenvalue weighted by molar-refractivity contribution is 9.10. The van der Waals surface area contributed by atoms with Crippen LogP contribution in [0.2, 0.25) is 0 Å². The molecule has 112 valence electrons. The highest BCUT2D eigenvalue weighted by atomic mass is 79.9. The molecule has 0 aliphatic carbocycles. The minimum absolute atomic E-state index is 0.162. The lowest BCUT2D eigenvalue weighted by Crippen LogP contribution is -2.53. The monoisotopic (exact) mass is 343 g/mol. The quantitative estimate of drug-likeness (QED) is 0.911. The van der Waals surface area contributed by atoms with Gasteiger partial charge in [0.2, 0.25) is 0 Å². The zero-order chi connectivity index (χ0) is 14.7. The standard InChI is InChI=1S/C15H23BrFN3/c1-3-12-10-20(7-6-19(12)2)15(9-18)11-4-5-14(17)13(16)8-11/h4-5,8,12,15H,3,6-7,9-10,18H2,1-2H3. The molecule has 0 aromatic heterocycles.